The Bertz CT molecular complexity index is 320. The van der Waals surface area contributed by atoms with E-state index in [1.54, 1.807) is 0 Å². The Kier molecular flexibility index (Phi) is 3.54. The van der Waals surface area contributed by atoms with E-state index in [-0.39, 0.29) is 5.92 Å². The summed E-state index contributed by atoms with van der Waals surface area (Å²) in [4.78, 5) is 11.9. The highest BCUT2D eigenvalue weighted by Gasteiger charge is 2.17. The Morgan fingerprint density at radius 1 is 1.20 bits per heavy atom. The van der Waals surface area contributed by atoms with E-state index in [0.29, 0.717) is 5.78 Å². The molecule has 1 nitrogen and oxygen atoms in total. The molecule has 0 N–H and O–H groups in total. The minimum atomic E-state index is 0.258. The summed E-state index contributed by atoms with van der Waals surface area (Å²) in [6.45, 7) is 0. The fourth-order valence-corrected chi connectivity index (χ4v) is 2.23. The molecule has 0 spiro atoms. The summed E-state index contributed by atoms with van der Waals surface area (Å²) in [5.74, 6) is 0.609. The van der Waals surface area contributed by atoms with E-state index in [0.717, 1.165) is 38.5 Å². The first kappa shape index (κ1) is 10.4. The summed E-state index contributed by atoms with van der Waals surface area (Å²) < 4.78 is 0. The van der Waals surface area contributed by atoms with Crippen LogP contribution in [0.15, 0.2) is 36.0 Å². The molecule has 0 saturated carbocycles. The third-order valence-electron chi connectivity index (χ3n) is 3.20. The molecule has 1 heteroatoms. The zero-order valence-electron chi connectivity index (χ0n) is 9.11. The minimum Gasteiger partial charge on any atom is -0.295 e. The second kappa shape index (κ2) is 5.11. The van der Waals surface area contributed by atoms with Crippen LogP contribution >= 0.6 is 0 Å². The molecule has 0 fully saturated rings. The summed E-state index contributed by atoms with van der Waals surface area (Å²) in [5.41, 5.74) is 1.32. The monoisotopic (exact) mass is 202 g/mol. The predicted molar refractivity (Wildman–Crippen MR) is 62.6 cm³/mol. The fraction of sp³-hybridized carbons (Fsp3) is 0.500. The molecule has 0 bridgehead atoms. The lowest BCUT2D eigenvalue weighted by Crippen LogP contribution is -2.14. The Labute approximate surface area is 91.6 Å². The van der Waals surface area contributed by atoms with Crippen molar-refractivity contribution < 1.29 is 4.79 Å². The van der Waals surface area contributed by atoms with E-state index in [1.165, 1.54) is 5.57 Å². The minimum absolute atomic E-state index is 0.258. The van der Waals surface area contributed by atoms with Crippen LogP contribution in [0, 0.1) is 5.92 Å². The number of allylic oxidation sites excluding steroid dienone is 6. The molecule has 0 aliphatic heterocycles. The average molecular weight is 202 g/mol. The van der Waals surface area contributed by atoms with Gasteiger partial charge in [0.2, 0.25) is 0 Å². The van der Waals surface area contributed by atoms with Gasteiger partial charge in [-0.3, -0.25) is 4.79 Å². The molecule has 0 heterocycles. The summed E-state index contributed by atoms with van der Waals surface area (Å²) in [6, 6.07) is 0. The summed E-state index contributed by atoms with van der Waals surface area (Å²) in [6.07, 6.45) is 16.8. The van der Waals surface area contributed by atoms with E-state index in [2.05, 4.69) is 24.3 Å². The number of carbonyl (C=O) groups is 1. The first-order valence-electron chi connectivity index (χ1n) is 5.89. The van der Waals surface area contributed by atoms with Gasteiger partial charge in [0.1, 0.15) is 0 Å². The molecule has 2 rings (SSSR count). The Morgan fingerprint density at radius 3 is 2.73 bits per heavy atom. The molecule has 0 saturated heterocycles. The molecule has 2 aliphatic rings. The zero-order chi connectivity index (χ0) is 10.5. The molecule has 1 unspecified atom stereocenters. The maximum absolute atomic E-state index is 11.9. The smallest absolute Gasteiger partial charge is 0.159 e. The second-order valence-corrected chi connectivity index (χ2v) is 4.40. The van der Waals surface area contributed by atoms with Crippen LogP contribution in [0.5, 0.6) is 0 Å². The van der Waals surface area contributed by atoms with Gasteiger partial charge in [0.15, 0.2) is 5.78 Å². The molecule has 15 heavy (non-hydrogen) atoms. The topological polar surface area (TPSA) is 17.1 Å². The highest BCUT2D eigenvalue weighted by molar-refractivity contribution is 5.92. The maximum atomic E-state index is 11.9. The molecule has 1 atom stereocenters. The van der Waals surface area contributed by atoms with Crippen LogP contribution in [0.1, 0.15) is 38.5 Å². The van der Waals surface area contributed by atoms with Crippen molar-refractivity contribution in [2.75, 3.05) is 0 Å². The summed E-state index contributed by atoms with van der Waals surface area (Å²) >= 11 is 0. The molecule has 0 aromatic rings. The molecule has 0 aromatic heterocycles. The lowest BCUT2D eigenvalue weighted by atomic mass is 9.88. The van der Waals surface area contributed by atoms with Gasteiger partial charge in [-0.05, 0) is 44.6 Å². The van der Waals surface area contributed by atoms with Crippen molar-refractivity contribution in [3.63, 3.8) is 0 Å². The lowest BCUT2D eigenvalue weighted by molar-refractivity contribution is -0.118. The zero-order valence-corrected chi connectivity index (χ0v) is 9.11. The van der Waals surface area contributed by atoms with Crippen molar-refractivity contribution in [2.24, 2.45) is 5.92 Å². The van der Waals surface area contributed by atoms with Crippen LogP contribution in [-0.4, -0.2) is 5.78 Å². The molecule has 0 amide bonds. The fourth-order valence-electron chi connectivity index (χ4n) is 2.23. The number of rotatable bonds is 2. The number of hydrogen-bond donors (Lipinski definition) is 0. The largest absolute Gasteiger partial charge is 0.295 e. The van der Waals surface area contributed by atoms with Crippen molar-refractivity contribution in [3.8, 4) is 0 Å². The van der Waals surface area contributed by atoms with Crippen LogP contribution in [0.4, 0.5) is 0 Å². The van der Waals surface area contributed by atoms with E-state index < -0.39 is 0 Å². The van der Waals surface area contributed by atoms with Gasteiger partial charge in [0.05, 0.1) is 0 Å². The van der Waals surface area contributed by atoms with Crippen LogP contribution in [0.3, 0.4) is 0 Å². The highest BCUT2D eigenvalue weighted by Crippen LogP contribution is 2.22. The van der Waals surface area contributed by atoms with Crippen molar-refractivity contribution >= 4 is 5.78 Å². The van der Waals surface area contributed by atoms with Gasteiger partial charge in [-0.25, -0.2) is 0 Å². The second-order valence-electron chi connectivity index (χ2n) is 4.40. The summed E-state index contributed by atoms with van der Waals surface area (Å²) in [5, 5.41) is 0. The normalized spacial score (nSPS) is 28.3. The van der Waals surface area contributed by atoms with Crippen molar-refractivity contribution in [1.29, 1.82) is 0 Å². The summed E-state index contributed by atoms with van der Waals surface area (Å²) in [7, 11) is 0. The number of ketones is 1. The van der Waals surface area contributed by atoms with Crippen LogP contribution in [0.25, 0.3) is 0 Å². The van der Waals surface area contributed by atoms with E-state index in [4.69, 9.17) is 0 Å². The van der Waals surface area contributed by atoms with Gasteiger partial charge in [0.25, 0.3) is 0 Å². The van der Waals surface area contributed by atoms with Gasteiger partial charge in [-0.15, -0.1) is 0 Å². The SMILES string of the molecule is O=C(C=C1CC=CCC1)C1CC=CCC1. The van der Waals surface area contributed by atoms with E-state index in [1.807, 2.05) is 6.08 Å². The maximum Gasteiger partial charge on any atom is 0.159 e. The van der Waals surface area contributed by atoms with Crippen molar-refractivity contribution in [2.45, 2.75) is 38.5 Å². The van der Waals surface area contributed by atoms with Crippen LogP contribution in [-0.2, 0) is 4.79 Å². The quantitative estimate of drug-likeness (QED) is 0.494. The van der Waals surface area contributed by atoms with Crippen LogP contribution < -0.4 is 0 Å². The average Bonchev–Trinajstić information content (AvgIpc) is 2.31. The Balaban J connectivity index is 1.95. The Hall–Kier alpha value is -1.11. The van der Waals surface area contributed by atoms with Crippen LogP contribution in [0.2, 0.25) is 0 Å². The molecular formula is C14H18O. The van der Waals surface area contributed by atoms with Crippen molar-refractivity contribution in [3.05, 3.63) is 36.0 Å². The standard InChI is InChI=1S/C14H18O/c15-14(13-9-5-2-6-10-13)11-12-7-3-1-4-8-12/h1-3,5,11,13H,4,6-10H2. The first-order chi connectivity index (χ1) is 7.36. The van der Waals surface area contributed by atoms with E-state index >= 15 is 0 Å². The van der Waals surface area contributed by atoms with Gasteiger partial charge in [0, 0.05) is 5.92 Å². The van der Waals surface area contributed by atoms with Gasteiger partial charge >= 0.3 is 0 Å². The number of hydrogen-bond acceptors (Lipinski definition) is 1. The third-order valence-corrected chi connectivity index (χ3v) is 3.20. The third kappa shape index (κ3) is 2.92. The molecule has 0 aromatic carbocycles. The lowest BCUT2D eigenvalue weighted by Gasteiger charge is -2.15. The molecule has 0 radical (unpaired) electrons. The predicted octanol–water partition coefficient (Wildman–Crippen LogP) is 3.58. The first-order valence-corrected chi connectivity index (χ1v) is 5.89. The molecular weight excluding hydrogens is 184 g/mol. The number of carbonyl (C=O) groups excluding carboxylic acids is 1. The molecule has 2 aliphatic carbocycles. The highest BCUT2D eigenvalue weighted by atomic mass is 16.1. The van der Waals surface area contributed by atoms with Crippen molar-refractivity contribution in [1.82, 2.24) is 0 Å². The van der Waals surface area contributed by atoms with E-state index in [9.17, 15) is 4.79 Å². The van der Waals surface area contributed by atoms with Gasteiger partial charge in [-0.1, -0.05) is 29.9 Å². The molecule has 80 valence electrons. The van der Waals surface area contributed by atoms with Gasteiger partial charge in [-0.2, -0.15) is 0 Å². The van der Waals surface area contributed by atoms with Gasteiger partial charge < -0.3 is 0 Å². The Morgan fingerprint density at radius 2 is 2.07 bits per heavy atom.